The zero-order valence-corrected chi connectivity index (χ0v) is 17.1. The van der Waals surface area contributed by atoms with Gasteiger partial charge in [-0.3, -0.25) is 4.79 Å². The Kier molecular flexibility index (Phi) is 4.71. The molecular weight excluding hydrogens is 404 g/mol. The number of carbonyl (C=O) groups is 1. The Hall–Kier alpha value is -2.97. The monoisotopic (exact) mass is 427 g/mol. The van der Waals surface area contributed by atoms with Crippen molar-refractivity contribution in [3.63, 3.8) is 0 Å². The van der Waals surface area contributed by atoms with Crippen LogP contribution in [0.5, 0.6) is 11.5 Å². The number of carbonyl (C=O) groups excluding carboxylic acids is 1. The minimum Gasteiger partial charge on any atom is -0.508 e. The van der Waals surface area contributed by atoms with E-state index >= 15 is 0 Å². The Morgan fingerprint density at radius 3 is 2.58 bits per heavy atom. The molecule has 0 spiro atoms. The summed E-state index contributed by atoms with van der Waals surface area (Å²) in [6.45, 7) is 1.16. The lowest BCUT2D eigenvalue weighted by atomic mass is 9.81. The standard InChI is InChI=1S/C23H23F2N3O3/c1-15(29)16-2-4-17(5-3-16)26-13-27-9-8-20-22(28(27)14-26)19-7-6-18(30)10-21(19)31-23(20,11-24)12-25/h2-8,10,22,30H,9,11-14H2,1H3. The molecule has 8 heteroatoms. The molecule has 2 aromatic carbocycles. The number of hydrogen-bond donors (Lipinski definition) is 1. The number of phenolic OH excluding ortho intramolecular Hbond substituents is 1. The maximum absolute atomic E-state index is 14.1. The fourth-order valence-electron chi connectivity index (χ4n) is 4.66. The first kappa shape index (κ1) is 20.0. The molecule has 3 aliphatic rings. The summed E-state index contributed by atoms with van der Waals surface area (Å²) in [7, 11) is 0. The number of benzene rings is 2. The predicted molar refractivity (Wildman–Crippen MR) is 111 cm³/mol. The summed E-state index contributed by atoms with van der Waals surface area (Å²) >= 11 is 0. The third-order valence-electron chi connectivity index (χ3n) is 6.32. The first-order valence-corrected chi connectivity index (χ1v) is 10.2. The quantitative estimate of drug-likeness (QED) is 0.595. The van der Waals surface area contributed by atoms with Crippen LogP contribution in [0.1, 0.15) is 28.9 Å². The third kappa shape index (κ3) is 3.09. The van der Waals surface area contributed by atoms with Gasteiger partial charge in [-0.1, -0.05) is 6.08 Å². The van der Waals surface area contributed by atoms with Gasteiger partial charge in [0.05, 0.1) is 19.4 Å². The van der Waals surface area contributed by atoms with E-state index < -0.39 is 25.0 Å². The highest BCUT2D eigenvalue weighted by atomic mass is 19.1. The summed E-state index contributed by atoms with van der Waals surface area (Å²) in [6, 6.07) is 11.8. The van der Waals surface area contributed by atoms with Crippen molar-refractivity contribution in [2.75, 3.05) is 38.1 Å². The van der Waals surface area contributed by atoms with Crippen molar-refractivity contribution in [3.05, 3.63) is 65.2 Å². The number of hydrazine groups is 1. The number of aromatic hydroxyl groups is 1. The number of rotatable bonds is 4. The number of ketones is 1. The van der Waals surface area contributed by atoms with E-state index in [0.717, 1.165) is 11.3 Å². The van der Waals surface area contributed by atoms with E-state index in [9.17, 15) is 18.7 Å². The number of Topliss-reactive ketones (excluding diaryl/α,β-unsaturated/α-hetero) is 1. The van der Waals surface area contributed by atoms with Crippen LogP contribution in [0.15, 0.2) is 54.1 Å². The molecular formula is C23H23F2N3O3. The van der Waals surface area contributed by atoms with Crippen LogP contribution in [0.3, 0.4) is 0 Å². The predicted octanol–water partition coefficient (Wildman–Crippen LogP) is 3.60. The SMILES string of the molecule is CC(=O)c1ccc(N2CN3CC=C4C(c5ccc(O)cc5OC4(CF)CF)N3C2)cc1. The summed E-state index contributed by atoms with van der Waals surface area (Å²) in [5, 5.41) is 14.1. The Labute approximate surface area is 178 Å². The van der Waals surface area contributed by atoms with E-state index in [1.54, 1.807) is 24.3 Å². The second-order valence-electron chi connectivity index (χ2n) is 8.20. The normalized spacial score (nSPS) is 22.2. The fraction of sp³-hybridized carbons (Fsp3) is 0.348. The second kappa shape index (κ2) is 7.32. The molecule has 0 aliphatic carbocycles. The van der Waals surface area contributed by atoms with Crippen molar-refractivity contribution in [3.8, 4) is 11.5 Å². The van der Waals surface area contributed by atoms with Gasteiger partial charge in [0, 0.05) is 29.4 Å². The second-order valence-corrected chi connectivity index (χ2v) is 8.20. The molecule has 1 unspecified atom stereocenters. The fourth-order valence-corrected chi connectivity index (χ4v) is 4.66. The van der Waals surface area contributed by atoms with Crippen molar-refractivity contribution in [1.82, 2.24) is 10.0 Å². The summed E-state index contributed by atoms with van der Waals surface area (Å²) in [6.07, 6.45) is 1.86. The lowest BCUT2D eigenvalue weighted by Gasteiger charge is -2.48. The number of fused-ring (bicyclic) bond motifs is 5. The van der Waals surface area contributed by atoms with E-state index in [-0.39, 0.29) is 11.5 Å². The third-order valence-corrected chi connectivity index (χ3v) is 6.32. The highest BCUT2D eigenvalue weighted by Crippen LogP contribution is 2.50. The van der Waals surface area contributed by atoms with E-state index in [1.165, 1.54) is 13.0 Å². The molecule has 1 fully saturated rings. The maximum Gasteiger partial charge on any atom is 0.188 e. The topological polar surface area (TPSA) is 56.3 Å². The molecule has 0 amide bonds. The van der Waals surface area contributed by atoms with Gasteiger partial charge in [-0.2, -0.15) is 0 Å². The van der Waals surface area contributed by atoms with Gasteiger partial charge in [-0.05, 0) is 48.9 Å². The number of ether oxygens (including phenoxy) is 1. The number of anilines is 1. The van der Waals surface area contributed by atoms with Crippen LogP contribution in [-0.4, -0.2) is 59.7 Å². The van der Waals surface area contributed by atoms with Crippen molar-refractivity contribution >= 4 is 11.5 Å². The Morgan fingerprint density at radius 1 is 1.16 bits per heavy atom. The van der Waals surface area contributed by atoms with Gasteiger partial charge >= 0.3 is 0 Å². The lowest BCUT2D eigenvalue weighted by molar-refractivity contribution is -0.0477. The van der Waals surface area contributed by atoms with Gasteiger partial charge in [0.25, 0.3) is 0 Å². The van der Waals surface area contributed by atoms with Crippen LogP contribution in [0.4, 0.5) is 14.5 Å². The summed E-state index contributed by atoms with van der Waals surface area (Å²) in [5.74, 6) is 0.293. The van der Waals surface area contributed by atoms with Crippen molar-refractivity contribution in [1.29, 1.82) is 0 Å². The molecule has 1 atom stereocenters. The zero-order chi connectivity index (χ0) is 21.8. The number of phenols is 1. The van der Waals surface area contributed by atoms with E-state index in [1.807, 2.05) is 18.2 Å². The zero-order valence-electron chi connectivity index (χ0n) is 17.1. The molecule has 162 valence electrons. The number of halogens is 2. The molecule has 2 aromatic rings. The van der Waals surface area contributed by atoms with E-state index in [0.29, 0.717) is 36.8 Å². The first-order chi connectivity index (χ1) is 15.0. The highest BCUT2D eigenvalue weighted by molar-refractivity contribution is 5.94. The van der Waals surface area contributed by atoms with E-state index in [2.05, 4.69) is 14.9 Å². The molecule has 31 heavy (non-hydrogen) atoms. The van der Waals surface area contributed by atoms with Gasteiger partial charge in [-0.15, -0.1) is 0 Å². The molecule has 1 N–H and O–H groups in total. The number of alkyl halides is 2. The van der Waals surface area contributed by atoms with Crippen LogP contribution in [-0.2, 0) is 0 Å². The van der Waals surface area contributed by atoms with Crippen LogP contribution in [0.2, 0.25) is 0 Å². The maximum atomic E-state index is 14.1. The number of hydrogen-bond acceptors (Lipinski definition) is 6. The molecule has 0 aromatic heterocycles. The first-order valence-electron chi connectivity index (χ1n) is 10.2. The van der Waals surface area contributed by atoms with Crippen LogP contribution < -0.4 is 9.64 Å². The smallest absolute Gasteiger partial charge is 0.188 e. The minimum absolute atomic E-state index is 0.0128. The van der Waals surface area contributed by atoms with Gasteiger partial charge in [0.15, 0.2) is 11.4 Å². The highest BCUT2D eigenvalue weighted by Gasteiger charge is 2.52. The molecule has 3 aliphatic heterocycles. The Bertz CT molecular complexity index is 1050. The van der Waals surface area contributed by atoms with Gasteiger partial charge < -0.3 is 14.7 Å². The summed E-state index contributed by atoms with van der Waals surface area (Å²) in [4.78, 5) is 13.7. The molecule has 3 heterocycles. The minimum atomic E-state index is -1.69. The summed E-state index contributed by atoms with van der Waals surface area (Å²) < 4.78 is 34.1. The molecule has 0 bridgehead atoms. The van der Waals surface area contributed by atoms with Crippen molar-refractivity contribution < 1.29 is 23.4 Å². The molecule has 0 radical (unpaired) electrons. The van der Waals surface area contributed by atoms with Crippen molar-refractivity contribution in [2.24, 2.45) is 0 Å². The largest absolute Gasteiger partial charge is 0.508 e. The number of nitrogens with zero attached hydrogens (tertiary/aromatic N) is 3. The van der Waals surface area contributed by atoms with Gasteiger partial charge in [-0.25, -0.2) is 18.8 Å². The average molecular weight is 427 g/mol. The van der Waals surface area contributed by atoms with Crippen LogP contribution in [0, 0.1) is 0 Å². The average Bonchev–Trinajstić information content (AvgIpc) is 3.22. The van der Waals surface area contributed by atoms with Crippen LogP contribution >= 0.6 is 0 Å². The summed E-state index contributed by atoms with van der Waals surface area (Å²) in [5.41, 5.74) is 1.26. The van der Waals surface area contributed by atoms with Gasteiger partial charge in [0.2, 0.25) is 0 Å². The molecule has 6 nitrogen and oxygen atoms in total. The molecule has 1 saturated heterocycles. The Morgan fingerprint density at radius 2 is 1.90 bits per heavy atom. The van der Waals surface area contributed by atoms with Crippen molar-refractivity contribution in [2.45, 2.75) is 18.6 Å². The van der Waals surface area contributed by atoms with Gasteiger partial charge in [0.1, 0.15) is 24.8 Å². The van der Waals surface area contributed by atoms with Crippen LogP contribution in [0.25, 0.3) is 0 Å². The van der Waals surface area contributed by atoms with E-state index in [4.69, 9.17) is 4.74 Å². The molecule has 0 saturated carbocycles. The lowest BCUT2D eigenvalue weighted by Crippen LogP contribution is -2.55. The Balaban J connectivity index is 1.52. The molecule has 5 rings (SSSR count).